The first kappa shape index (κ1) is 22.2. The summed E-state index contributed by atoms with van der Waals surface area (Å²) in [6.45, 7) is 9.48. The third kappa shape index (κ3) is 5.29. The lowest BCUT2D eigenvalue weighted by molar-refractivity contribution is 0.215. The zero-order valence-corrected chi connectivity index (χ0v) is 19.8. The maximum absolute atomic E-state index is 5.87. The van der Waals surface area contributed by atoms with Gasteiger partial charge in [0.1, 0.15) is 12.4 Å². The summed E-state index contributed by atoms with van der Waals surface area (Å²) in [6.07, 6.45) is 0. The van der Waals surface area contributed by atoms with E-state index in [1.165, 1.54) is 16.8 Å². The van der Waals surface area contributed by atoms with Gasteiger partial charge >= 0.3 is 0 Å². The van der Waals surface area contributed by atoms with Crippen LogP contribution >= 0.6 is 0 Å². The molecule has 5 rings (SSSR count). The molecule has 0 unspecified atom stereocenters. The van der Waals surface area contributed by atoms with E-state index in [1.807, 2.05) is 42.5 Å². The van der Waals surface area contributed by atoms with E-state index in [9.17, 15) is 0 Å². The highest BCUT2D eigenvalue weighted by Gasteiger charge is 2.20. The van der Waals surface area contributed by atoms with Crippen molar-refractivity contribution in [3.05, 3.63) is 95.4 Å². The first-order valence-corrected chi connectivity index (χ1v) is 11.8. The van der Waals surface area contributed by atoms with Gasteiger partial charge in [0.05, 0.1) is 6.54 Å². The molecule has 6 nitrogen and oxygen atoms in total. The molecule has 34 heavy (non-hydrogen) atoms. The van der Waals surface area contributed by atoms with Crippen LogP contribution in [0.5, 0.6) is 5.75 Å². The highest BCUT2D eigenvalue weighted by Crippen LogP contribution is 2.24. The zero-order valence-electron chi connectivity index (χ0n) is 19.8. The molecule has 0 atom stereocenters. The smallest absolute Gasteiger partial charge is 0.241 e. The lowest BCUT2D eigenvalue weighted by atomic mass is 10.1. The molecule has 0 aliphatic carbocycles. The Morgan fingerprint density at radius 1 is 0.882 bits per heavy atom. The van der Waals surface area contributed by atoms with Crippen LogP contribution in [0.4, 0.5) is 5.69 Å². The normalized spacial score (nSPS) is 14.4. The largest absolute Gasteiger partial charge is 0.489 e. The molecule has 1 fully saturated rings. The van der Waals surface area contributed by atoms with E-state index in [2.05, 4.69) is 64.1 Å². The van der Waals surface area contributed by atoms with Crippen LogP contribution in [0, 0.1) is 13.8 Å². The Labute approximate surface area is 200 Å². The minimum Gasteiger partial charge on any atom is -0.489 e. The van der Waals surface area contributed by atoms with Gasteiger partial charge in [-0.3, -0.25) is 4.90 Å². The summed E-state index contributed by atoms with van der Waals surface area (Å²) in [5, 5.41) is 4.19. The molecule has 0 spiro atoms. The molecule has 4 aromatic rings. The molecule has 1 aliphatic heterocycles. The van der Waals surface area contributed by atoms with Gasteiger partial charge in [0.25, 0.3) is 0 Å². The SMILES string of the molecule is Cc1ccc(C)c(N2CCN(Cc3nc(-c4ccc(OCc5ccccc5)cc4)no3)CC2)c1. The predicted octanol–water partition coefficient (Wildman–Crippen LogP) is 5.25. The summed E-state index contributed by atoms with van der Waals surface area (Å²) < 4.78 is 11.4. The number of piperazine rings is 1. The summed E-state index contributed by atoms with van der Waals surface area (Å²) in [5.41, 5.74) is 6.04. The number of ether oxygens (including phenoxy) is 1. The van der Waals surface area contributed by atoms with Crippen molar-refractivity contribution in [2.45, 2.75) is 27.0 Å². The Kier molecular flexibility index (Phi) is 6.58. The van der Waals surface area contributed by atoms with Gasteiger partial charge in [-0.15, -0.1) is 0 Å². The van der Waals surface area contributed by atoms with Crippen LogP contribution in [0.25, 0.3) is 11.4 Å². The molecule has 0 N–H and O–H groups in total. The number of benzene rings is 3. The maximum atomic E-state index is 5.87. The Hall–Kier alpha value is -3.64. The molecule has 6 heteroatoms. The van der Waals surface area contributed by atoms with E-state index in [0.717, 1.165) is 43.1 Å². The summed E-state index contributed by atoms with van der Waals surface area (Å²) in [7, 11) is 0. The van der Waals surface area contributed by atoms with Crippen LogP contribution in [0.15, 0.2) is 77.3 Å². The first-order valence-electron chi connectivity index (χ1n) is 11.8. The monoisotopic (exact) mass is 454 g/mol. The highest BCUT2D eigenvalue weighted by atomic mass is 16.5. The molecule has 1 aliphatic rings. The molecule has 0 saturated carbocycles. The van der Waals surface area contributed by atoms with Crippen molar-refractivity contribution in [1.82, 2.24) is 15.0 Å². The third-order valence-electron chi connectivity index (χ3n) is 6.27. The topological polar surface area (TPSA) is 54.6 Å². The summed E-state index contributed by atoms with van der Waals surface area (Å²) in [6, 6.07) is 24.6. The zero-order chi connectivity index (χ0) is 23.3. The van der Waals surface area contributed by atoms with Crippen molar-refractivity contribution in [3.8, 4) is 17.1 Å². The van der Waals surface area contributed by atoms with Crippen LogP contribution in [-0.2, 0) is 13.2 Å². The van der Waals surface area contributed by atoms with Gasteiger partial charge in [0.15, 0.2) is 0 Å². The van der Waals surface area contributed by atoms with Gasteiger partial charge in [-0.25, -0.2) is 0 Å². The minimum absolute atomic E-state index is 0.545. The van der Waals surface area contributed by atoms with E-state index in [4.69, 9.17) is 9.26 Å². The molecule has 174 valence electrons. The van der Waals surface area contributed by atoms with Crippen molar-refractivity contribution in [1.29, 1.82) is 0 Å². The summed E-state index contributed by atoms with van der Waals surface area (Å²) in [4.78, 5) is 9.47. The van der Waals surface area contributed by atoms with Crippen molar-refractivity contribution in [2.75, 3.05) is 31.1 Å². The molecule has 2 heterocycles. The lowest BCUT2D eigenvalue weighted by Gasteiger charge is -2.36. The number of anilines is 1. The van der Waals surface area contributed by atoms with Crippen LogP contribution in [0.1, 0.15) is 22.6 Å². The average molecular weight is 455 g/mol. The Balaban J connectivity index is 1.14. The number of hydrogen-bond donors (Lipinski definition) is 0. The van der Waals surface area contributed by atoms with Gasteiger partial charge in [-0.2, -0.15) is 4.98 Å². The fourth-order valence-corrected chi connectivity index (χ4v) is 4.28. The summed E-state index contributed by atoms with van der Waals surface area (Å²) >= 11 is 0. The fourth-order valence-electron chi connectivity index (χ4n) is 4.28. The molecule has 1 aromatic heterocycles. The maximum Gasteiger partial charge on any atom is 0.241 e. The van der Waals surface area contributed by atoms with Crippen LogP contribution in [0.3, 0.4) is 0 Å². The number of nitrogens with zero attached hydrogens (tertiary/aromatic N) is 4. The predicted molar refractivity (Wildman–Crippen MR) is 134 cm³/mol. The van der Waals surface area contributed by atoms with Crippen molar-refractivity contribution < 1.29 is 9.26 Å². The molecule has 1 saturated heterocycles. The number of aryl methyl sites for hydroxylation is 2. The number of aromatic nitrogens is 2. The number of rotatable bonds is 7. The van der Waals surface area contributed by atoms with Gasteiger partial charge in [-0.05, 0) is 60.9 Å². The van der Waals surface area contributed by atoms with Crippen molar-refractivity contribution in [2.24, 2.45) is 0 Å². The van der Waals surface area contributed by atoms with Crippen LogP contribution < -0.4 is 9.64 Å². The Bertz CT molecular complexity index is 1210. The second-order valence-electron chi connectivity index (χ2n) is 8.86. The van der Waals surface area contributed by atoms with E-state index in [-0.39, 0.29) is 0 Å². The lowest BCUT2D eigenvalue weighted by Crippen LogP contribution is -2.46. The van der Waals surface area contributed by atoms with Gasteiger partial charge in [0, 0.05) is 37.4 Å². The standard InChI is InChI=1S/C28H30N4O2/c1-21-8-9-22(2)26(18-21)32-16-14-31(15-17-32)19-27-29-28(30-34-27)24-10-12-25(13-11-24)33-20-23-6-4-3-5-7-23/h3-13,18H,14-17,19-20H2,1-2H3. The van der Waals surface area contributed by atoms with E-state index < -0.39 is 0 Å². The Morgan fingerprint density at radius 3 is 2.41 bits per heavy atom. The second-order valence-corrected chi connectivity index (χ2v) is 8.86. The quantitative estimate of drug-likeness (QED) is 0.380. The molecular formula is C28H30N4O2. The third-order valence-corrected chi connectivity index (χ3v) is 6.27. The van der Waals surface area contributed by atoms with E-state index in [0.29, 0.717) is 24.9 Å². The van der Waals surface area contributed by atoms with E-state index in [1.54, 1.807) is 0 Å². The molecular weight excluding hydrogens is 424 g/mol. The number of hydrogen-bond acceptors (Lipinski definition) is 6. The van der Waals surface area contributed by atoms with E-state index >= 15 is 0 Å². The van der Waals surface area contributed by atoms with Crippen LogP contribution in [-0.4, -0.2) is 41.2 Å². The molecule has 3 aromatic carbocycles. The first-order chi connectivity index (χ1) is 16.6. The van der Waals surface area contributed by atoms with Crippen molar-refractivity contribution in [3.63, 3.8) is 0 Å². The Morgan fingerprint density at radius 2 is 1.65 bits per heavy atom. The molecule has 0 amide bonds. The van der Waals surface area contributed by atoms with Gasteiger partial charge < -0.3 is 14.2 Å². The van der Waals surface area contributed by atoms with Gasteiger partial charge in [-0.1, -0.05) is 47.6 Å². The minimum atomic E-state index is 0.545. The fraction of sp³-hybridized carbons (Fsp3) is 0.286. The van der Waals surface area contributed by atoms with Crippen molar-refractivity contribution >= 4 is 5.69 Å². The second kappa shape index (κ2) is 10.1. The average Bonchev–Trinajstić information content (AvgIpc) is 3.34. The molecule has 0 bridgehead atoms. The van der Waals surface area contributed by atoms with Crippen LogP contribution in [0.2, 0.25) is 0 Å². The summed E-state index contributed by atoms with van der Waals surface area (Å²) in [5.74, 6) is 2.08. The highest BCUT2D eigenvalue weighted by molar-refractivity contribution is 5.56. The molecule has 0 radical (unpaired) electrons. The van der Waals surface area contributed by atoms with Gasteiger partial charge in [0.2, 0.25) is 11.7 Å².